The van der Waals surface area contributed by atoms with E-state index >= 15 is 0 Å². The SMILES string of the molecule is COCCN(CC(C)C)C(=O)[C@H](C)[C@H](NC(=O)OC(C)(C)C)c1ccccc1. The third-order valence-corrected chi connectivity index (χ3v) is 4.18. The number of nitrogens with one attached hydrogen (secondary N) is 1. The molecule has 0 unspecified atom stereocenters. The van der Waals surface area contributed by atoms with Gasteiger partial charge in [0.1, 0.15) is 5.60 Å². The lowest BCUT2D eigenvalue weighted by Gasteiger charge is -2.32. The van der Waals surface area contributed by atoms with Crippen LogP contribution >= 0.6 is 0 Å². The molecule has 0 heterocycles. The molecule has 1 aromatic rings. The Balaban J connectivity index is 3.06. The van der Waals surface area contributed by atoms with Crippen LogP contribution in [0.4, 0.5) is 4.79 Å². The van der Waals surface area contributed by atoms with E-state index in [1.54, 1.807) is 7.11 Å². The van der Waals surface area contributed by atoms with Crippen LogP contribution < -0.4 is 5.32 Å². The summed E-state index contributed by atoms with van der Waals surface area (Å²) in [6.07, 6.45) is -0.534. The van der Waals surface area contributed by atoms with Crippen molar-refractivity contribution in [3.63, 3.8) is 0 Å². The molecule has 0 aromatic heterocycles. The fraction of sp³-hybridized carbons (Fsp3) is 0.636. The molecular formula is C22H36N2O4. The van der Waals surface area contributed by atoms with Crippen LogP contribution in [0.5, 0.6) is 0 Å². The quantitative estimate of drug-likeness (QED) is 0.689. The van der Waals surface area contributed by atoms with Gasteiger partial charge in [-0.25, -0.2) is 4.79 Å². The van der Waals surface area contributed by atoms with Gasteiger partial charge < -0.3 is 19.7 Å². The first-order chi connectivity index (χ1) is 13.0. The molecular weight excluding hydrogens is 356 g/mol. The van der Waals surface area contributed by atoms with Crippen molar-refractivity contribution in [1.29, 1.82) is 0 Å². The zero-order chi connectivity index (χ0) is 21.3. The molecule has 0 aliphatic heterocycles. The van der Waals surface area contributed by atoms with E-state index < -0.39 is 23.7 Å². The number of hydrogen-bond acceptors (Lipinski definition) is 4. The Bertz CT molecular complexity index is 611. The van der Waals surface area contributed by atoms with Crippen LogP contribution in [0.25, 0.3) is 0 Å². The second-order valence-electron chi connectivity index (χ2n) is 8.49. The van der Waals surface area contributed by atoms with E-state index in [-0.39, 0.29) is 5.91 Å². The van der Waals surface area contributed by atoms with Gasteiger partial charge in [-0.15, -0.1) is 0 Å². The van der Waals surface area contributed by atoms with E-state index in [4.69, 9.17) is 9.47 Å². The van der Waals surface area contributed by atoms with E-state index in [0.717, 1.165) is 5.56 Å². The smallest absolute Gasteiger partial charge is 0.408 e. The molecule has 6 heteroatoms. The number of rotatable bonds is 9. The summed E-state index contributed by atoms with van der Waals surface area (Å²) in [7, 11) is 1.62. The summed E-state index contributed by atoms with van der Waals surface area (Å²) in [5.41, 5.74) is 0.256. The number of methoxy groups -OCH3 is 1. The van der Waals surface area contributed by atoms with Crippen LogP contribution in [0.2, 0.25) is 0 Å². The molecule has 1 rings (SSSR count). The molecule has 0 aliphatic carbocycles. The zero-order valence-electron chi connectivity index (χ0n) is 18.3. The predicted octanol–water partition coefficient (Wildman–Crippen LogP) is 4.02. The van der Waals surface area contributed by atoms with E-state index in [9.17, 15) is 9.59 Å². The van der Waals surface area contributed by atoms with Gasteiger partial charge in [-0.05, 0) is 32.3 Å². The maximum atomic E-state index is 13.2. The number of carbonyl (C=O) groups is 2. The molecule has 0 aliphatic rings. The number of ether oxygens (including phenoxy) is 2. The van der Waals surface area contributed by atoms with E-state index in [0.29, 0.717) is 25.6 Å². The van der Waals surface area contributed by atoms with Crippen LogP contribution in [0.15, 0.2) is 30.3 Å². The molecule has 0 spiro atoms. The molecule has 6 nitrogen and oxygen atoms in total. The van der Waals surface area contributed by atoms with Crippen molar-refractivity contribution < 1.29 is 19.1 Å². The fourth-order valence-electron chi connectivity index (χ4n) is 2.96. The maximum absolute atomic E-state index is 13.2. The molecule has 28 heavy (non-hydrogen) atoms. The molecule has 0 bridgehead atoms. The van der Waals surface area contributed by atoms with Gasteiger partial charge in [0.05, 0.1) is 18.6 Å². The molecule has 2 atom stereocenters. The zero-order valence-corrected chi connectivity index (χ0v) is 18.3. The summed E-state index contributed by atoms with van der Waals surface area (Å²) < 4.78 is 10.6. The minimum atomic E-state index is -0.610. The molecule has 2 amide bonds. The summed E-state index contributed by atoms with van der Waals surface area (Å²) in [5, 5.41) is 2.89. The van der Waals surface area contributed by atoms with Crippen LogP contribution in [-0.2, 0) is 14.3 Å². The van der Waals surface area contributed by atoms with Crippen molar-refractivity contribution in [1.82, 2.24) is 10.2 Å². The molecule has 1 aromatic carbocycles. The lowest BCUT2D eigenvalue weighted by Crippen LogP contribution is -2.45. The van der Waals surface area contributed by atoms with Gasteiger partial charge in [0.2, 0.25) is 5.91 Å². The van der Waals surface area contributed by atoms with E-state index in [1.807, 2.05) is 62.9 Å². The molecule has 1 N–H and O–H groups in total. The van der Waals surface area contributed by atoms with E-state index in [1.165, 1.54) is 0 Å². The first-order valence-corrected chi connectivity index (χ1v) is 9.87. The Hall–Kier alpha value is -2.08. The van der Waals surface area contributed by atoms with E-state index in [2.05, 4.69) is 19.2 Å². The van der Waals surface area contributed by atoms with Gasteiger partial charge in [-0.3, -0.25) is 4.79 Å². The lowest BCUT2D eigenvalue weighted by molar-refractivity contribution is -0.137. The highest BCUT2D eigenvalue weighted by atomic mass is 16.6. The molecule has 0 radical (unpaired) electrons. The predicted molar refractivity (Wildman–Crippen MR) is 111 cm³/mol. The third kappa shape index (κ3) is 8.30. The second-order valence-corrected chi connectivity index (χ2v) is 8.49. The highest BCUT2D eigenvalue weighted by Crippen LogP contribution is 2.25. The van der Waals surface area contributed by atoms with Gasteiger partial charge in [0.25, 0.3) is 0 Å². The Kier molecular flexibility index (Phi) is 9.46. The van der Waals surface area contributed by atoms with Crippen molar-refractivity contribution in [2.45, 2.75) is 53.2 Å². The number of amides is 2. The van der Waals surface area contributed by atoms with Gasteiger partial charge >= 0.3 is 6.09 Å². The summed E-state index contributed by atoms with van der Waals surface area (Å²) in [6.45, 7) is 13.1. The van der Waals surface area contributed by atoms with Gasteiger partial charge in [0.15, 0.2) is 0 Å². The first-order valence-electron chi connectivity index (χ1n) is 9.87. The molecule has 0 saturated heterocycles. The Morgan fingerprint density at radius 2 is 1.71 bits per heavy atom. The minimum Gasteiger partial charge on any atom is -0.444 e. The minimum absolute atomic E-state index is 0.0179. The standard InChI is InChI=1S/C22H36N2O4/c1-16(2)15-24(13-14-27-7)20(25)17(3)19(18-11-9-8-10-12-18)23-21(26)28-22(4,5)6/h8-12,16-17,19H,13-15H2,1-7H3,(H,23,26)/t17-,19+/m1/s1. The van der Waals surface area contributed by atoms with Crippen molar-refractivity contribution in [2.75, 3.05) is 26.8 Å². The summed E-state index contributed by atoms with van der Waals surface area (Å²) in [6, 6.07) is 9.03. The van der Waals surface area contributed by atoms with Crippen molar-refractivity contribution in [3.8, 4) is 0 Å². The number of nitrogens with zero attached hydrogens (tertiary/aromatic N) is 1. The monoisotopic (exact) mass is 392 g/mol. The van der Waals surface area contributed by atoms with Gasteiger partial charge in [-0.2, -0.15) is 0 Å². The topological polar surface area (TPSA) is 67.9 Å². The van der Waals surface area contributed by atoms with Gasteiger partial charge in [0, 0.05) is 20.2 Å². The fourth-order valence-corrected chi connectivity index (χ4v) is 2.96. The number of hydrogen-bond donors (Lipinski definition) is 1. The van der Waals surface area contributed by atoms with Crippen molar-refractivity contribution >= 4 is 12.0 Å². The van der Waals surface area contributed by atoms with Crippen LogP contribution in [-0.4, -0.2) is 49.3 Å². The molecule has 0 saturated carbocycles. The number of alkyl carbamates (subject to hydrolysis) is 1. The number of benzene rings is 1. The lowest BCUT2D eigenvalue weighted by atomic mass is 9.93. The largest absolute Gasteiger partial charge is 0.444 e. The van der Waals surface area contributed by atoms with Gasteiger partial charge in [-0.1, -0.05) is 51.1 Å². The summed E-state index contributed by atoms with van der Waals surface area (Å²) in [4.78, 5) is 27.5. The highest BCUT2D eigenvalue weighted by Gasteiger charge is 2.31. The average molecular weight is 393 g/mol. The molecule has 158 valence electrons. The second kappa shape index (κ2) is 11.1. The highest BCUT2D eigenvalue weighted by molar-refractivity contribution is 5.80. The number of carbonyl (C=O) groups excluding carboxylic acids is 2. The normalized spacial score (nSPS) is 13.7. The average Bonchev–Trinajstić information content (AvgIpc) is 2.61. The summed E-state index contributed by atoms with van der Waals surface area (Å²) >= 11 is 0. The first kappa shape index (κ1) is 24.0. The van der Waals surface area contributed by atoms with Crippen molar-refractivity contribution in [2.24, 2.45) is 11.8 Å². The van der Waals surface area contributed by atoms with Crippen LogP contribution in [0.3, 0.4) is 0 Å². The Labute approximate surface area is 169 Å². The molecule has 0 fully saturated rings. The third-order valence-electron chi connectivity index (χ3n) is 4.18. The van der Waals surface area contributed by atoms with Crippen LogP contribution in [0.1, 0.15) is 53.1 Å². The maximum Gasteiger partial charge on any atom is 0.408 e. The Morgan fingerprint density at radius 1 is 1.11 bits per heavy atom. The Morgan fingerprint density at radius 3 is 2.21 bits per heavy atom. The summed E-state index contributed by atoms with van der Waals surface area (Å²) in [5.74, 6) is -0.136. The van der Waals surface area contributed by atoms with Crippen LogP contribution in [0, 0.1) is 11.8 Å². The van der Waals surface area contributed by atoms with Crippen molar-refractivity contribution in [3.05, 3.63) is 35.9 Å².